The Morgan fingerprint density at radius 3 is 2.47 bits per heavy atom. The van der Waals surface area contributed by atoms with E-state index in [1.54, 1.807) is 0 Å². The van der Waals surface area contributed by atoms with Crippen molar-refractivity contribution in [1.82, 2.24) is 0 Å². The summed E-state index contributed by atoms with van der Waals surface area (Å²) in [6.07, 6.45) is 1.33. The molecule has 2 rings (SSSR count). The number of alkyl halides is 2. The molecule has 0 aromatic heterocycles. The van der Waals surface area contributed by atoms with Gasteiger partial charge in [0.05, 0.1) is 4.87 Å². The highest BCUT2D eigenvalue weighted by atomic mass is 35.5. The summed E-state index contributed by atoms with van der Waals surface area (Å²) in [6.45, 7) is 1.87. The zero-order chi connectivity index (χ0) is 11.1. The lowest BCUT2D eigenvalue weighted by atomic mass is 10.1. The molecule has 15 heavy (non-hydrogen) atoms. The summed E-state index contributed by atoms with van der Waals surface area (Å²) in [7, 11) is -2.50. The van der Waals surface area contributed by atoms with Crippen molar-refractivity contribution in [3.05, 3.63) is 30.3 Å². The summed E-state index contributed by atoms with van der Waals surface area (Å²) < 4.78 is 12.7. The van der Waals surface area contributed by atoms with E-state index in [1.807, 2.05) is 37.3 Å². The minimum atomic E-state index is -2.50. The largest absolute Gasteiger partial charge is 0.317 e. The van der Waals surface area contributed by atoms with E-state index in [4.69, 9.17) is 23.2 Å². The molecule has 0 aliphatic carbocycles. The Morgan fingerprint density at radius 2 is 2.00 bits per heavy atom. The van der Waals surface area contributed by atoms with E-state index < -0.39 is 17.1 Å². The van der Waals surface area contributed by atoms with E-state index in [0.717, 1.165) is 11.7 Å². The Labute approximate surface area is 100 Å². The summed E-state index contributed by atoms with van der Waals surface area (Å²) >= 11 is 12.5. The van der Waals surface area contributed by atoms with Crippen molar-refractivity contribution >= 4 is 35.6 Å². The van der Waals surface area contributed by atoms with Crippen LogP contribution in [0, 0.1) is 0 Å². The summed E-state index contributed by atoms with van der Waals surface area (Å²) in [4.78, 5) is -0.535. The van der Waals surface area contributed by atoms with Gasteiger partial charge in [-0.3, -0.25) is 0 Å². The molecular weight excluding hydrogens is 250 g/mol. The summed E-state index contributed by atoms with van der Waals surface area (Å²) in [5.74, 6) is 0. The number of rotatable bonds is 1. The normalized spacial score (nSPS) is 40.6. The molecule has 0 bridgehead atoms. The van der Waals surface area contributed by atoms with Crippen LogP contribution >= 0.6 is 30.3 Å². The quantitative estimate of drug-likeness (QED) is 0.558. The SMILES string of the molecule is CC1(Cl)CCP(=O)(c2ccccc2)C1Cl. The molecule has 3 atom stereocenters. The van der Waals surface area contributed by atoms with E-state index in [1.165, 1.54) is 0 Å². The fraction of sp³-hybridized carbons (Fsp3) is 0.455. The van der Waals surface area contributed by atoms with Gasteiger partial charge >= 0.3 is 0 Å². The van der Waals surface area contributed by atoms with Crippen molar-refractivity contribution in [1.29, 1.82) is 0 Å². The smallest absolute Gasteiger partial charge is 0.134 e. The predicted octanol–water partition coefficient (Wildman–Crippen LogP) is 3.64. The van der Waals surface area contributed by atoms with Crippen LogP contribution in [0.5, 0.6) is 0 Å². The van der Waals surface area contributed by atoms with E-state index in [9.17, 15) is 4.57 Å². The van der Waals surface area contributed by atoms with Crippen molar-refractivity contribution in [2.24, 2.45) is 0 Å². The van der Waals surface area contributed by atoms with Crippen LogP contribution in [0.1, 0.15) is 13.3 Å². The molecular formula is C11H13Cl2OP. The average Bonchev–Trinajstić information content (AvgIpc) is 2.45. The van der Waals surface area contributed by atoms with E-state index >= 15 is 0 Å². The van der Waals surface area contributed by atoms with Crippen molar-refractivity contribution in [3.63, 3.8) is 0 Å². The van der Waals surface area contributed by atoms with Gasteiger partial charge in [-0.05, 0) is 13.3 Å². The summed E-state index contributed by atoms with van der Waals surface area (Å²) in [6, 6.07) is 9.46. The second-order valence-electron chi connectivity index (χ2n) is 4.22. The molecule has 1 aromatic rings. The molecule has 0 saturated carbocycles. The zero-order valence-electron chi connectivity index (χ0n) is 8.49. The molecule has 1 heterocycles. The molecule has 1 saturated heterocycles. The average molecular weight is 263 g/mol. The molecule has 82 valence electrons. The minimum Gasteiger partial charge on any atom is -0.317 e. The Kier molecular flexibility index (Phi) is 2.92. The number of halogens is 2. The highest BCUT2D eigenvalue weighted by molar-refractivity contribution is 7.74. The second-order valence-corrected chi connectivity index (χ2v) is 8.89. The van der Waals surface area contributed by atoms with Crippen LogP contribution in [0.15, 0.2) is 30.3 Å². The van der Waals surface area contributed by atoms with Gasteiger partial charge in [-0.15, -0.1) is 23.2 Å². The third-order valence-electron chi connectivity index (χ3n) is 2.99. The van der Waals surface area contributed by atoms with E-state index in [0.29, 0.717) is 6.16 Å². The molecule has 3 unspecified atom stereocenters. The Hall–Kier alpha value is 0.0300. The van der Waals surface area contributed by atoms with Gasteiger partial charge in [0.2, 0.25) is 0 Å². The molecule has 4 heteroatoms. The lowest BCUT2D eigenvalue weighted by Gasteiger charge is -2.22. The monoisotopic (exact) mass is 262 g/mol. The van der Waals surface area contributed by atoms with Gasteiger partial charge in [0.15, 0.2) is 0 Å². The summed E-state index contributed by atoms with van der Waals surface area (Å²) in [5, 5.41) is 0.406. The Balaban J connectivity index is 2.42. The maximum Gasteiger partial charge on any atom is 0.134 e. The molecule has 1 aliphatic rings. The van der Waals surface area contributed by atoms with Crippen LogP contribution in [0.4, 0.5) is 0 Å². The topological polar surface area (TPSA) is 17.1 Å². The van der Waals surface area contributed by atoms with Crippen LogP contribution in [0.2, 0.25) is 0 Å². The van der Waals surface area contributed by atoms with Crippen LogP contribution in [0.25, 0.3) is 0 Å². The molecule has 1 nitrogen and oxygen atoms in total. The maximum atomic E-state index is 12.7. The van der Waals surface area contributed by atoms with Gasteiger partial charge in [-0.1, -0.05) is 30.3 Å². The fourth-order valence-corrected chi connectivity index (χ4v) is 6.65. The molecule has 0 amide bonds. The van der Waals surface area contributed by atoms with Crippen molar-refractivity contribution < 1.29 is 4.57 Å². The van der Waals surface area contributed by atoms with Crippen molar-refractivity contribution in [3.8, 4) is 0 Å². The van der Waals surface area contributed by atoms with E-state index in [-0.39, 0.29) is 0 Å². The Morgan fingerprint density at radius 1 is 1.40 bits per heavy atom. The highest BCUT2D eigenvalue weighted by Gasteiger charge is 2.51. The first-order valence-corrected chi connectivity index (χ1v) is 7.72. The van der Waals surface area contributed by atoms with Gasteiger partial charge in [0.25, 0.3) is 0 Å². The first-order valence-electron chi connectivity index (χ1n) is 4.94. The van der Waals surface area contributed by atoms with Gasteiger partial charge in [-0.25, -0.2) is 0 Å². The highest BCUT2D eigenvalue weighted by Crippen LogP contribution is 2.64. The van der Waals surface area contributed by atoms with Crippen LogP contribution in [-0.4, -0.2) is 16.2 Å². The third-order valence-corrected chi connectivity index (χ3v) is 8.45. The first kappa shape index (κ1) is 11.5. The van der Waals surface area contributed by atoms with Crippen molar-refractivity contribution in [2.45, 2.75) is 23.3 Å². The first-order chi connectivity index (χ1) is 6.97. The number of benzene rings is 1. The molecule has 0 spiro atoms. The molecule has 0 N–H and O–H groups in total. The molecule has 0 radical (unpaired) electrons. The molecule has 1 fully saturated rings. The fourth-order valence-electron chi connectivity index (χ4n) is 1.99. The number of hydrogen-bond donors (Lipinski definition) is 0. The maximum absolute atomic E-state index is 12.7. The standard InChI is InChI=1S/C11H13Cl2OP/c1-11(13)7-8-15(14,10(11)12)9-5-3-2-4-6-9/h2-6,10H,7-8H2,1H3. The minimum absolute atomic E-state index is 0.450. The number of hydrogen-bond acceptors (Lipinski definition) is 1. The Bertz CT molecular complexity index is 402. The summed E-state index contributed by atoms with van der Waals surface area (Å²) in [5.41, 5.74) is 0. The zero-order valence-corrected chi connectivity index (χ0v) is 10.9. The van der Waals surface area contributed by atoms with Gasteiger partial charge < -0.3 is 4.57 Å². The van der Waals surface area contributed by atoms with Crippen LogP contribution < -0.4 is 5.30 Å². The van der Waals surface area contributed by atoms with Crippen molar-refractivity contribution in [2.75, 3.05) is 6.16 Å². The predicted molar refractivity (Wildman–Crippen MR) is 67.1 cm³/mol. The van der Waals surface area contributed by atoms with Gasteiger partial charge in [0.1, 0.15) is 12.3 Å². The lowest BCUT2D eigenvalue weighted by molar-refractivity contribution is 0.581. The third kappa shape index (κ3) is 1.86. The van der Waals surface area contributed by atoms with Crippen LogP contribution in [-0.2, 0) is 4.57 Å². The van der Waals surface area contributed by atoms with Gasteiger partial charge in [0, 0.05) is 11.5 Å². The van der Waals surface area contributed by atoms with Crippen LogP contribution in [0.3, 0.4) is 0 Å². The lowest BCUT2D eigenvalue weighted by Crippen LogP contribution is -2.24. The second kappa shape index (κ2) is 3.80. The van der Waals surface area contributed by atoms with Gasteiger partial charge in [-0.2, -0.15) is 0 Å². The van der Waals surface area contributed by atoms with E-state index in [2.05, 4.69) is 0 Å². The molecule has 1 aromatic carbocycles. The molecule has 1 aliphatic heterocycles.